The normalized spacial score (nSPS) is 12.6. The Labute approximate surface area is 141 Å². The molecule has 0 heterocycles. The van der Waals surface area contributed by atoms with Crippen LogP contribution in [0.1, 0.15) is 17.2 Å². The Bertz CT molecular complexity index is 827. The second-order valence-corrected chi connectivity index (χ2v) is 5.47. The van der Waals surface area contributed by atoms with Crippen LogP contribution in [-0.2, 0) is 4.79 Å². The zero-order valence-electron chi connectivity index (χ0n) is 13.2. The largest absolute Gasteiger partial charge is 0.414 e. The molecule has 0 bridgehead atoms. The smallest absolute Gasteiger partial charge is 0.312 e. The molecule has 24 heavy (non-hydrogen) atoms. The molecule has 0 fully saturated rings. The van der Waals surface area contributed by atoms with E-state index in [-0.39, 0.29) is 5.91 Å². The van der Waals surface area contributed by atoms with Gasteiger partial charge in [0, 0.05) is 17.7 Å². The highest BCUT2D eigenvalue weighted by Gasteiger charge is 2.28. The van der Waals surface area contributed by atoms with E-state index in [2.05, 4.69) is 0 Å². The van der Waals surface area contributed by atoms with Crippen molar-refractivity contribution in [3.63, 3.8) is 0 Å². The van der Waals surface area contributed by atoms with Crippen LogP contribution in [0.4, 0.5) is 5.69 Å². The molecule has 118 valence electrons. The van der Waals surface area contributed by atoms with Crippen LogP contribution in [0.25, 0.3) is 0 Å². The van der Waals surface area contributed by atoms with Gasteiger partial charge in [-0.1, -0.05) is 66.7 Å². The number of carbonyl (C=O) groups is 1. The maximum atomic E-state index is 13.0. The molecule has 0 aliphatic heterocycles. The van der Waals surface area contributed by atoms with Gasteiger partial charge in [0.15, 0.2) is 12.3 Å². The van der Waals surface area contributed by atoms with E-state index in [0.29, 0.717) is 0 Å². The second-order valence-electron chi connectivity index (χ2n) is 5.47. The molecule has 3 aromatic carbocycles. The standard InChI is InChI=1S/C21H19N2O/c22-20(18-12-6-2-7-13-18)21(24)23(19-14-8-3-9-15-19)16-17-10-4-1-5-11-17/h1-16,20H,22H2/q+1/t20-/m1/s1. The number of hydrogen-bond acceptors (Lipinski definition) is 2. The molecule has 0 unspecified atom stereocenters. The summed E-state index contributed by atoms with van der Waals surface area (Å²) in [6.45, 7) is 0. The molecule has 0 radical (unpaired) electrons. The molecule has 3 heteroatoms. The Morgan fingerprint density at radius 1 is 0.792 bits per heavy atom. The van der Waals surface area contributed by atoms with Crippen molar-refractivity contribution in [2.24, 2.45) is 5.73 Å². The third-order valence-electron chi connectivity index (χ3n) is 3.77. The molecule has 0 aliphatic carbocycles. The summed E-state index contributed by atoms with van der Waals surface area (Å²) in [5.41, 5.74) is 8.74. The number of para-hydroxylation sites is 1. The summed E-state index contributed by atoms with van der Waals surface area (Å²) in [5.74, 6) is -0.170. The molecule has 3 rings (SSSR count). The van der Waals surface area contributed by atoms with Crippen molar-refractivity contribution in [2.45, 2.75) is 6.04 Å². The van der Waals surface area contributed by atoms with Gasteiger partial charge in [-0.05, 0) is 17.7 Å². The van der Waals surface area contributed by atoms with Gasteiger partial charge in [0.1, 0.15) is 0 Å². The molecule has 3 nitrogen and oxygen atoms in total. The van der Waals surface area contributed by atoms with E-state index in [4.69, 9.17) is 5.73 Å². The minimum atomic E-state index is -0.716. The number of nitrogens with zero attached hydrogens (tertiary/aromatic N) is 1. The Morgan fingerprint density at radius 2 is 1.29 bits per heavy atom. The minimum absolute atomic E-state index is 0.170. The lowest BCUT2D eigenvalue weighted by Gasteiger charge is -2.09. The van der Waals surface area contributed by atoms with Crippen molar-refractivity contribution in [3.05, 3.63) is 102 Å². The number of nitrogens with two attached hydrogens (primary N) is 1. The van der Waals surface area contributed by atoms with Gasteiger partial charge < -0.3 is 5.73 Å². The van der Waals surface area contributed by atoms with Gasteiger partial charge in [0.2, 0.25) is 5.69 Å². The summed E-state index contributed by atoms with van der Waals surface area (Å²) in [6.07, 6.45) is 1.82. The Balaban J connectivity index is 2.02. The molecule has 1 atom stereocenters. The monoisotopic (exact) mass is 315 g/mol. The topological polar surface area (TPSA) is 46.1 Å². The molecule has 1 amide bonds. The summed E-state index contributed by atoms with van der Waals surface area (Å²) in [5, 5.41) is 0. The van der Waals surface area contributed by atoms with Crippen LogP contribution in [-0.4, -0.2) is 16.7 Å². The predicted octanol–water partition coefficient (Wildman–Crippen LogP) is 3.68. The molecule has 0 saturated carbocycles. The molecule has 0 aromatic heterocycles. The molecule has 3 aromatic rings. The number of benzene rings is 3. The quantitative estimate of drug-likeness (QED) is 0.590. The highest BCUT2D eigenvalue weighted by atomic mass is 16.2. The van der Waals surface area contributed by atoms with Crippen LogP contribution in [0.2, 0.25) is 0 Å². The fraction of sp³-hybridized carbons (Fsp3) is 0.0476. The number of rotatable bonds is 4. The van der Waals surface area contributed by atoms with Crippen LogP contribution >= 0.6 is 0 Å². The third kappa shape index (κ3) is 3.65. The number of carbonyl (C=O) groups excluding carboxylic acids is 1. The van der Waals surface area contributed by atoms with E-state index in [1.807, 2.05) is 97.2 Å². The molecule has 0 spiro atoms. The molecular weight excluding hydrogens is 296 g/mol. The van der Waals surface area contributed by atoms with Crippen molar-refractivity contribution in [1.82, 2.24) is 0 Å². The summed E-state index contributed by atoms with van der Waals surface area (Å²) >= 11 is 0. The van der Waals surface area contributed by atoms with E-state index < -0.39 is 6.04 Å². The van der Waals surface area contributed by atoms with Crippen molar-refractivity contribution >= 4 is 17.8 Å². The van der Waals surface area contributed by atoms with Crippen LogP contribution in [0.3, 0.4) is 0 Å². The van der Waals surface area contributed by atoms with E-state index in [1.54, 1.807) is 4.58 Å². The highest BCUT2D eigenvalue weighted by molar-refractivity contribution is 5.86. The van der Waals surface area contributed by atoms with Gasteiger partial charge in [-0.15, -0.1) is 4.58 Å². The van der Waals surface area contributed by atoms with Crippen LogP contribution < -0.4 is 5.73 Å². The average Bonchev–Trinajstić information content (AvgIpc) is 2.67. The zero-order chi connectivity index (χ0) is 16.8. The SMILES string of the molecule is N[C@@H](C(=O)[N+](=Cc1ccccc1)c1ccccc1)c1ccccc1. The van der Waals surface area contributed by atoms with Gasteiger partial charge in [0.25, 0.3) is 0 Å². The maximum absolute atomic E-state index is 13.0. The Kier molecular flexibility index (Phi) is 4.94. The molecular formula is C21H19N2O+. The van der Waals surface area contributed by atoms with Crippen LogP contribution in [0.5, 0.6) is 0 Å². The molecule has 0 aliphatic rings. The van der Waals surface area contributed by atoms with Gasteiger partial charge in [-0.2, -0.15) is 0 Å². The van der Waals surface area contributed by atoms with E-state index in [1.165, 1.54) is 0 Å². The second kappa shape index (κ2) is 7.49. The van der Waals surface area contributed by atoms with Gasteiger partial charge in [0.05, 0.1) is 0 Å². The van der Waals surface area contributed by atoms with Gasteiger partial charge >= 0.3 is 5.91 Å². The summed E-state index contributed by atoms with van der Waals surface area (Å²) in [7, 11) is 0. The summed E-state index contributed by atoms with van der Waals surface area (Å²) in [4.78, 5) is 13.0. The molecule has 0 saturated heterocycles. The maximum Gasteiger partial charge on any atom is 0.414 e. The van der Waals surface area contributed by atoms with Crippen LogP contribution in [0, 0.1) is 0 Å². The van der Waals surface area contributed by atoms with E-state index >= 15 is 0 Å². The summed E-state index contributed by atoms with van der Waals surface area (Å²) in [6, 6.07) is 28.0. The Hall–Kier alpha value is -3.04. The fourth-order valence-electron chi connectivity index (χ4n) is 2.49. The van der Waals surface area contributed by atoms with Crippen molar-refractivity contribution in [2.75, 3.05) is 0 Å². The van der Waals surface area contributed by atoms with E-state index in [9.17, 15) is 4.79 Å². The minimum Gasteiger partial charge on any atom is -0.312 e. The van der Waals surface area contributed by atoms with Crippen molar-refractivity contribution in [3.8, 4) is 0 Å². The van der Waals surface area contributed by atoms with Gasteiger partial charge in [-0.25, -0.2) is 4.79 Å². The van der Waals surface area contributed by atoms with Gasteiger partial charge in [-0.3, -0.25) is 0 Å². The first kappa shape index (κ1) is 15.8. The lowest BCUT2D eigenvalue weighted by molar-refractivity contribution is -0.364. The highest BCUT2D eigenvalue weighted by Crippen LogP contribution is 2.18. The first-order valence-electron chi connectivity index (χ1n) is 7.84. The number of hydrogen-bond donors (Lipinski definition) is 1. The zero-order valence-corrected chi connectivity index (χ0v) is 13.2. The lowest BCUT2D eigenvalue weighted by atomic mass is 10.1. The average molecular weight is 315 g/mol. The van der Waals surface area contributed by atoms with Crippen molar-refractivity contribution in [1.29, 1.82) is 0 Å². The fourth-order valence-corrected chi connectivity index (χ4v) is 2.49. The summed E-state index contributed by atoms with van der Waals surface area (Å²) < 4.78 is 1.62. The lowest BCUT2D eigenvalue weighted by Crippen LogP contribution is -2.30. The first-order chi connectivity index (χ1) is 11.8. The van der Waals surface area contributed by atoms with Crippen LogP contribution in [0.15, 0.2) is 91.0 Å². The third-order valence-corrected chi connectivity index (χ3v) is 3.77. The number of amides is 1. The predicted molar refractivity (Wildman–Crippen MR) is 96.3 cm³/mol. The van der Waals surface area contributed by atoms with Crippen molar-refractivity contribution < 1.29 is 9.37 Å². The Morgan fingerprint density at radius 3 is 1.88 bits per heavy atom. The molecule has 2 N–H and O–H groups in total. The van der Waals surface area contributed by atoms with E-state index in [0.717, 1.165) is 16.8 Å². The first-order valence-corrected chi connectivity index (χ1v) is 7.84.